The molecule has 0 fully saturated rings. The molecule has 0 aliphatic carbocycles. The Labute approximate surface area is 183 Å². The maximum atomic E-state index is 12.9. The van der Waals surface area contributed by atoms with E-state index < -0.39 is 10.0 Å². The molecular formula is C20H20N6O3S2. The summed E-state index contributed by atoms with van der Waals surface area (Å²) in [6, 6.07) is 11.5. The molecule has 0 unspecified atom stereocenters. The van der Waals surface area contributed by atoms with Crippen molar-refractivity contribution in [1.29, 1.82) is 0 Å². The highest BCUT2D eigenvalue weighted by Crippen LogP contribution is 2.21. The molecule has 0 saturated heterocycles. The van der Waals surface area contributed by atoms with Crippen molar-refractivity contribution in [2.24, 2.45) is 0 Å². The van der Waals surface area contributed by atoms with E-state index in [1.165, 1.54) is 41.8 Å². The van der Waals surface area contributed by atoms with Crippen LogP contribution in [0.1, 0.15) is 16.2 Å². The zero-order valence-electron chi connectivity index (χ0n) is 16.8. The highest BCUT2D eigenvalue weighted by atomic mass is 32.2. The van der Waals surface area contributed by atoms with Crippen molar-refractivity contribution in [1.82, 2.24) is 19.3 Å². The molecule has 0 saturated carbocycles. The summed E-state index contributed by atoms with van der Waals surface area (Å²) in [5.74, 6) is -0.364. The summed E-state index contributed by atoms with van der Waals surface area (Å²) in [5.41, 5.74) is 2.23. The maximum Gasteiger partial charge on any atom is 0.276 e. The molecule has 2 N–H and O–H groups in total. The van der Waals surface area contributed by atoms with Gasteiger partial charge in [-0.1, -0.05) is 6.07 Å². The molecule has 3 heterocycles. The molecule has 3 aromatic heterocycles. The van der Waals surface area contributed by atoms with Crippen LogP contribution in [0.4, 0.5) is 10.8 Å². The van der Waals surface area contributed by atoms with E-state index in [9.17, 15) is 13.2 Å². The molecule has 160 valence electrons. The van der Waals surface area contributed by atoms with Gasteiger partial charge in [0.2, 0.25) is 0 Å². The highest BCUT2D eigenvalue weighted by Gasteiger charge is 2.20. The largest absolute Gasteiger partial charge is 0.321 e. The molecule has 0 aliphatic rings. The van der Waals surface area contributed by atoms with Crippen LogP contribution in [-0.4, -0.2) is 47.7 Å². The maximum absolute atomic E-state index is 12.9. The Bertz CT molecular complexity index is 1310. The zero-order chi connectivity index (χ0) is 22.0. The Morgan fingerprint density at radius 3 is 2.61 bits per heavy atom. The van der Waals surface area contributed by atoms with Crippen molar-refractivity contribution in [2.45, 2.75) is 11.4 Å². The van der Waals surface area contributed by atoms with Gasteiger partial charge in [0.05, 0.1) is 10.6 Å². The Morgan fingerprint density at radius 1 is 1.16 bits per heavy atom. The van der Waals surface area contributed by atoms with Gasteiger partial charge in [0, 0.05) is 30.0 Å². The van der Waals surface area contributed by atoms with Gasteiger partial charge in [0.15, 0.2) is 10.8 Å². The number of hydrogen-bond donors (Lipinski definition) is 2. The fraction of sp³-hybridized carbons (Fsp3) is 0.150. The predicted octanol–water partition coefficient (Wildman–Crippen LogP) is 2.91. The lowest BCUT2D eigenvalue weighted by Crippen LogP contribution is -2.19. The first kappa shape index (κ1) is 21.0. The van der Waals surface area contributed by atoms with Crippen molar-refractivity contribution in [2.75, 3.05) is 24.1 Å². The van der Waals surface area contributed by atoms with E-state index in [1.54, 1.807) is 5.38 Å². The summed E-state index contributed by atoms with van der Waals surface area (Å²) in [7, 11) is 0.0850. The fourth-order valence-electron chi connectivity index (χ4n) is 3.03. The molecule has 4 rings (SSSR count). The molecule has 11 heteroatoms. The molecule has 0 aliphatic heterocycles. The molecule has 0 bridgehead atoms. The Morgan fingerprint density at radius 2 is 1.94 bits per heavy atom. The summed E-state index contributed by atoms with van der Waals surface area (Å²) < 4.78 is 29.2. The van der Waals surface area contributed by atoms with Crippen molar-refractivity contribution in [3.8, 4) is 0 Å². The van der Waals surface area contributed by atoms with Crippen LogP contribution in [0.15, 0.2) is 65.1 Å². The second-order valence-electron chi connectivity index (χ2n) is 6.99. The number of thiazole rings is 1. The molecule has 0 radical (unpaired) electrons. The molecule has 1 aromatic carbocycles. The van der Waals surface area contributed by atoms with Crippen LogP contribution in [0.5, 0.6) is 0 Å². The SMILES string of the molecule is CN(C)Cc1c(C(=O)Nc2ccc(S(=O)(=O)Nc3nccs3)cc2)nc2ccccn12. The van der Waals surface area contributed by atoms with E-state index in [0.717, 1.165) is 5.69 Å². The fourth-order valence-corrected chi connectivity index (χ4v) is 4.82. The number of benzene rings is 1. The van der Waals surface area contributed by atoms with Crippen LogP contribution >= 0.6 is 11.3 Å². The van der Waals surface area contributed by atoms with E-state index in [2.05, 4.69) is 20.0 Å². The van der Waals surface area contributed by atoms with Crippen LogP contribution in [0.25, 0.3) is 5.65 Å². The van der Waals surface area contributed by atoms with Gasteiger partial charge in [-0.05, 0) is 50.5 Å². The van der Waals surface area contributed by atoms with Gasteiger partial charge >= 0.3 is 0 Å². The monoisotopic (exact) mass is 456 g/mol. The van der Waals surface area contributed by atoms with Gasteiger partial charge in [0.25, 0.3) is 15.9 Å². The lowest BCUT2D eigenvalue weighted by Gasteiger charge is -2.11. The minimum atomic E-state index is -3.75. The molecule has 0 atom stereocenters. The topological polar surface area (TPSA) is 109 Å². The predicted molar refractivity (Wildman–Crippen MR) is 120 cm³/mol. The van der Waals surface area contributed by atoms with Gasteiger partial charge in [-0.2, -0.15) is 0 Å². The Kier molecular flexibility index (Phi) is 5.72. The lowest BCUT2D eigenvalue weighted by atomic mass is 10.2. The number of sulfonamides is 1. The summed E-state index contributed by atoms with van der Waals surface area (Å²) in [5, 5.41) is 4.77. The number of pyridine rings is 1. The number of carbonyl (C=O) groups is 1. The number of carbonyl (C=O) groups excluding carboxylic acids is 1. The van der Waals surface area contributed by atoms with Crippen molar-refractivity contribution in [3.05, 3.63) is 71.6 Å². The van der Waals surface area contributed by atoms with Crippen LogP contribution in [0.2, 0.25) is 0 Å². The molecule has 9 nitrogen and oxygen atoms in total. The van der Waals surface area contributed by atoms with Crippen LogP contribution in [0, 0.1) is 0 Å². The first-order valence-corrected chi connectivity index (χ1v) is 11.6. The lowest BCUT2D eigenvalue weighted by molar-refractivity contribution is 0.102. The second-order valence-corrected chi connectivity index (χ2v) is 9.57. The highest BCUT2D eigenvalue weighted by molar-refractivity contribution is 7.93. The quantitative estimate of drug-likeness (QED) is 0.443. The van der Waals surface area contributed by atoms with Gasteiger partial charge in [-0.15, -0.1) is 11.3 Å². The number of imidazole rings is 1. The molecular weight excluding hydrogens is 436 g/mol. The number of rotatable bonds is 7. The summed E-state index contributed by atoms with van der Waals surface area (Å²) in [4.78, 5) is 23.4. The van der Waals surface area contributed by atoms with E-state index in [1.807, 2.05) is 47.8 Å². The summed E-state index contributed by atoms with van der Waals surface area (Å²) in [6.07, 6.45) is 3.39. The number of amides is 1. The number of fused-ring (bicyclic) bond motifs is 1. The molecule has 31 heavy (non-hydrogen) atoms. The van der Waals surface area contributed by atoms with Gasteiger partial charge in [0.1, 0.15) is 5.65 Å². The summed E-state index contributed by atoms with van der Waals surface area (Å²) >= 11 is 1.19. The van der Waals surface area contributed by atoms with Crippen molar-refractivity contribution >= 4 is 43.7 Å². The number of hydrogen-bond acceptors (Lipinski definition) is 7. The van der Waals surface area contributed by atoms with E-state index in [4.69, 9.17) is 0 Å². The van der Waals surface area contributed by atoms with Gasteiger partial charge in [-0.3, -0.25) is 9.52 Å². The minimum Gasteiger partial charge on any atom is -0.321 e. The first-order valence-electron chi connectivity index (χ1n) is 9.28. The Hall–Kier alpha value is -3.28. The molecule has 4 aromatic rings. The van der Waals surface area contributed by atoms with Crippen LogP contribution < -0.4 is 10.0 Å². The first-order chi connectivity index (χ1) is 14.8. The summed E-state index contributed by atoms with van der Waals surface area (Å²) in [6.45, 7) is 0.535. The number of anilines is 2. The third-order valence-electron chi connectivity index (χ3n) is 4.39. The van der Waals surface area contributed by atoms with Gasteiger partial charge in [-0.25, -0.2) is 18.4 Å². The minimum absolute atomic E-state index is 0.0710. The van der Waals surface area contributed by atoms with Gasteiger partial charge < -0.3 is 14.6 Å². The smallest absolute Gasteiger partial charge is 0.276 e. The van der Waals surface area contributed by atoms with Crippen LogP contribution in [-0.2, 0) is 16.6 Å². The number of nitrogens with zero attached hydrogens (tertiary/aromatic N) is 4. The van der Waals surface area contributed by atoms with E-state index >= 15 is 0 Å². The zero-order valence-corrected chi connectivity index (χ0v) is 18.4. The molecule has 0 spiro atoms. The number of nitrogens with one attached hydrogen (secondary N) is 2. The Balaban J connectivity index is 1.55. The van der Waals surface area contributed by atoms with E-state index in [0.29, 0.717) is 23.6 Å². The number of aromatic nitrogens is 3. The average molecular weight is 457 g/mol. The third kappa shape index (κ3) is 4.58. The molecule has 1 amide bonds. The average Bonchev–Trinajstić information content (AvgIpc) is 3.36. The standard InChI is InChI=1S/C20H20N6O3S2/c1-25(2)13-16-18(23-17-5-3-4-11-26(16)17)19(27)22-14-6-8-15(9-7-14)31(28,29)24-20-21-10-12-30-20/h3-12H,13H2,1-2H3,(H,21,24)(H,22,27). The normalized spacial score (nSPS) is 11.7. The van der Waals surface area contributed by atoms with Crippen LogP contribution in [0.3, 0.4) is 0 Å². The third-order valence-corrected chi connectivity index (χ3v) is 6.56. The van der Waals surface area contributed by atoms with E-state index in [-0.39, 0.29) is 15.9 Å². The van der Waals surface area contributed by atoms with Crippen molar-refractivity contribution in [3.63, 3.8) is 0 Å². The second kappa shape index (κ2) is 8.46. The van der Waals surface area contributed by atoms with Crippen molar-refractivity contribution < 1.29 is 13.2 Å².